The molecule has 0 spiro atoms. The predicted octanol–water partition coefficient (Wildman–Crippen LogP) is 2.43. The molecule has 1 heterocycles. The number of nitrogens with one attached hydrogen (secondary N) is 1. The minimum atomic E-state index is -4.44. The Balaban J connectivity index is 2.44. The van der Waals surface area contributed by atoms with Crippen LogP contribution in [0.25, 0.3) is 0 Å². The van der Waals surface area contributed by atoms with Gasteiger partial charge in [-0.3, -0.25) is 9.63 Å². The third-order valence-electron chi connectivity index (χ3n) is 3.72. The maximum absolute atomic E-state index is 12.9. The van der Waals surface area contributed by atoms with Gasteiger partial charge in [-0.1, -0.05) is 18.2 Å². The van der Waals surface area contributed by atoms with Crippen molar-refractivity contribution in [3.8, 4) is 0 Å². The van der Waals surface area contributed by atoms with E-state index in [1.807, 2.05) is 0 Å². The molecule has 0 radical (unpaired) electrons. The van der Waals surface area contributed by atoms with E-state index in [0.717, 1.165) is 12.1 Å². The Labute approximate surface area is 120 Å². The Morgan fingerprint density at radius 1 is 1.33 bits per heavy atom. The van der Waals surface area contributed by atoms with Crippen molar-refractivity contribution >= 4 is 5.91 Å². The Hall–Kier alpha value is -1.60. The van der Waals surface area contributed by atoms with Crippen LogP contribution in [0, 0.1) is 0 Å². The summed E-state index contributed by atoms with van der Waals surface area (Å²) >= 11 is 0. The van der Waals surface area contributed by atoms with E-state index in [9.17, 15) is 18.0 Å². The summed E-state index contributed by atoms with van der Waals surface area (Å²) in [6.45, 7) is 0.626. The average Bonchev–Trinajstić information content (AvgIpc) is 2.47. The monoisotopic (exact) mass is 303 g/mol. The van der Waals surface area contributed by atoms with Gasteiger partial charge in [-0.15, -0.1) is 0 Å². The lowest BCUT2D eigenvalue weighted by molar-refractivity contribution is -0.142. The maximum atomic E-state index is 12.9. The first-order chi connectivity index (χ1) is 9.90. The van der Waals surface area contributed by atoms with Gasteiger partial charge >= 0.3 is 6.18 Å². The van der Waals surface area contributed by atoms with Crippen LogP contribution in [0.2, 0.25) is 0 Å². The average molecular weight is 303 g/mol. The number of rotatable bonds is 3. The molecule has 0 saturated carbocycles. The molecule has 4 nitrogen and oxygen atoms in total. The largest absolute Gasteiger partial charge is 0.416 e. The lowest BCUT2D eigenvalue weighted by Gasteiger charge is -2.36. The third kappa shape index (κ3) is 3.19. The second-order valence-corrected chi connectivity index (χ2v) is 4.91. The summed E-state index contributed by atoms with van der Waals surface area (Å²) in [4.78, 5) is 16.9. The molecule has 2 rings (SSSR count). The van der Waals surface area contributed by atoms with Gasteiger partial charge in [0.25, 0.3) is 5.91 Å². The van der Waals surface area contributed by atoms with E-state index in [-0.39, 0.29) is 0 Å². The molecule has 1 aromatic carbocycles. The van der Waals surface area contributed by atoms with Gasteiger partial charge in [-0.2, -0.15) is 13.2 Å². The number of ether oxygens (including phenoxy) is 1. The predicted molar refractivity (Wildman–Crippen MR) is 68.3 cm³/mol. The van der Waals surface area contributed by atoms with Crippen LogP contribution in [-0.2, 0) is 26.0 Å². The first kappa shape index (κ1) is 15.8. The molecule has 1 aliphatic heterocycles. The van der Waals surface area contributed by atoms with Crippen molar-refractivity contribution in [1.82, 2.24) is 5.48 Å². The van der Waals surface area contributed by atoms with Crippen LogP contribution in [0.15, 0.2) is 24.3 Å². The normalized spacial score (nSPS) is 18.3. The number of amides is 1. The fourth-order valence-corrected chi connectivity index (χ4v) is 2.55. The summed E-state index contributed by atoms with van der Waals surface area (Å²) in [5.41, 5.74) is 0.738. The van der Waals surface area contributed by atoms with Crippen molar-refractivity contribution < 1.29 is 27.5 Å². The fraction of sp³-hybridized carbons (Fsp3) is 0.500. The Morgan fingerprint density at radius 3 is 2.57 bits per heavy atom. The van der Waals surface area contributed by atoms with Crippen LogP contribution in [0.3, 0.4) is 0 Å². The van der Waals surface area contributed by atoms with Gasteiger partial charge in [0, 0.05) is 13.2 Å². The second kappa shape index (κ2) is 6.03. The highest BCUT2D eigenvalue weighted by molar-refractivity contribution is 5.87. The summed E-state index contributed by atoms with van der Waals surface area (Å²) in [6, 6.07) is 4.87. The third-order valence-corrected chi connectivity index (χ3v) is 3.72. The van der Waals surface area contributed by atoms with E-state index < -0.39 is 23.1 Å². The van der Waals surface area contributed by atoms with Crippen molar-refractivity contribution in [2.75, 3.05) is 20.3 Å². The summed E-state index contributed by atoms with van der Waals surface area (Å²) in [7, 11) is 1.29. The zero-order valence-electron chi connectivity index (χ0n) is 11.5. The number of halogens is 3. The molecule has 7 heteroatoms. The van der Waals surface area contributed by atoms with E-state index in [1.165, 1.54) is 19.2 Å². The molecule has 21 heavy (non-hydrogen) atoms. The molecule has 1 fully saturated rings. The molecule has 0 aromatic heterocycles. The van der Waals surface area contributed by atoms with E-state index in [0.29, 0.717) is 31.6 Å². The standard InChI is InChI=1S/C14H16F3NO3/c1-20-18-12(19)13(5-7-21-8-6-13)10-3-2-4-11(9-10)14(15,16)17/h2-4,9H,5-8H2,1H3,(H,18,19). The molecule has 0 atom stereocenters. The number of carbonyl (C=O) groups excluding carboxylic acids is 1. The summed E-state index contributed by atoms with van der Waals surface area (Å²) < 4.78 is 43.8. The van der Waals surface area contributed by atoms with Crippen molar-refractivity contribution in [3.05, 3.63) is 35.4 Å². The Kier molecular flexibility index (Phi) is 4.53. The molecule has 1 saturated heterocycles. The topological polar surface area (TPSA) is 47.6 Å². The molecular formula is C14H16F3NO3. The van der Waals surface area contributed by atoms with Crippen LogP contribution in [-0.4, -0.2) is 26.2 Å². The fourth-order valence-electron chi connectivity index (χ4n) is 2.55. The zero-order chi connectivity index (χ0) is 15.5. The van der Waals surface area contributed by atoms with Gasteiger partial charge in [-0.05, 0) is 24.5 Å². The van der Waals surface area contributed by atoms with Gasteiger partial charge < -0.3 is 4.74 Å². The summed E-state index contributed by atoms with van der Waals surface area (Å²) in [6.07, 6.45) is -3.83. The van der Waals surface area contributed by atoms with Gasteiger partial charge in [0.05, 0.1) is 18.1 Å². The Bertz CT molecular complexity index is 510. The van der Waals surface area contributed by atoms with Crippen LogP contribution in [0.4, 0.5) is 13.2 Å². The molecule has 116 valence electrons. The highest BCUT2D eigenvalue weighted by atomic mass is 19.4. The van der Waals surface area contributed by atoms with Gasteiger partial charge in [-0.25, -0.2) is 5.48 Å². The number of alkyl halides is 3. The van der Waals surface area contributed by atoms with Gasteiger partial charge in [0.15, 0.2) is 0 Å². The van der Waals surface area contributed by atoms with Crippen molar-refractivity contribution in [1.29, 1.82) is 0 Å². The second-order valence-electron chi connectivity index (χ2n) is 4.91. The molecule has 1 aromatic rings. The Morgan fingerprint density at radius 2 is 2.00 bits per heavy atom. The van der Waals surface area contributed by atoms with E-state index in [1.54, 1.807) is 0 Å². The molecule has 0 bridgehead atoms. The van der Waals surface area contributed by atoms with Crippen LogP contribution in [0.5, 0.6) is 0 Å². The van der Waals surface area contributed by atoms with Gasteiger partial charge in [0.2, 0.25) is 0 Å². The number of benzene rings is 1. The molecule has 1 aliphatic rings. The molecule has 0 aliphatic carbocycles. The SMILES string of the molecule is CONC(=O)C1(c2cccc(C(F)(F)F)c2)CCOCC1. The highest BCUT2D eigenvalue weighted by Gasteiger charge is 2.43. The van der Waals surface area contributed by atoms with E-state index in [2.05, 4.69) is 10.3 Å². The minimum Gasteiger partial charge on any atom is -0.381 e. The number of carbonyl (C=O) groups is 1. The number of hydrogen-bond acceptors (Lipinski definition) is 3. The first-order valence-electron chi connectivity index (χ1n) is 6.49. The van der Waals surface area contributed by atoms with Crippen LogP contribution < -0.4 is 5.48 Å². The van der Waals surface area contributed by atoms with Crippen LogP contribution >= 0.6 is 0 Å². The molecular weight excluding hydrogens is 287 g/mol. The first-order valence-corrected chi connectivity index (χ1v) is 6.49. The van der Waals surface area contributed by atoms with E-state index >= 15 is 0 Å². The number of hydroxylamine groups is 1. The lowest BCUT2D eigenvalue weighted by atomic mass is 9.73. The summed E-state index contributed by atoms with van der Waals surface area (Å²) in [5.74, 6) is -0.451. The van der Waals surface area contributed by atoms with Crippen molar-refractivity contribution in [2.24, 2.45) is 0 Å². The highest BCUT2D eigenvalue weighted by Crippen LogP contribution is 2.38. The van der Waals surface area contributed by atoms with Gasteiger partial charge in [0.1, 0.15) is 0 Å². The lowest BCUT2D eigenvalue weighted by Crippen LogP contribution is -2.47. The molecule has 0 unspecified atom stereocenters. The quantitative estimate of drug-likeness (QED) is 0.873. The maximum Gasteiger partial charge on any atom is 0.416 e. The number of hydrogen-bond donors (Lipinski definition) is 1. The van der Waals surface area contributed by atoms with Crippen molar-refractivity contribution in [3.63, 3.8) is 0 Å². The minimum absolute atomic E-state index is 0.309. The zero-order valence-corrected chi connectivity index (χ0v) is 11.5. The van der Waals surface area contributed by atoms with Crippen molar-refractivity contribution in [2.45, 2.75) is 24.4 Å². The summed E-state index contributed by atoms with van der Waals surface area (Å²) in [5, 5.41) is 0. The molecule has 1 N–H and O–H groups in total. The smallest absolute Gasteiger partial charge is 0.381 e. The van der Waals surface area contributed by atoms with E-state index in [4.69, 9.17) is 4.74 Å². The molecule has 1 amide bonds. The van der Waals surface area contributed by atoms with Crippen LogP contribution in [0.1, 0.15) is 24.0 Å².